The van der Waals surface area contributed by atoms with E-state index in [9.17, 15) is 0 Å². The molecular weight excluding hydrogens is 322 g/mol. The molecule has 0 fully saturated rings. The molecule has 5 rings (SSSR count). The Hall–Kier alpha value is -3.07. The highest BCUT2D eigenvalue weighted by Gasteiger charge is 2.39. The van der Waals surface area contributed by atoms with Crippen LogP contribution in [0.15, 0.2) is 65.2 Å². The van der Waals surface area contributed by atoms with Gasteiger partial charge in [-0.1, -0.05) is 50.2 Å². The van der Waals surface area contributed by atoms with Crippen LogP contribution in [0.5, 0.6) is 11.7 Å². The second-order valence-electron chi connectivity index (χ2n) is 7.39. The van der Waals surface area contributed by atoms with Crippen molar-refractivity contribution in [1.82, 2.24) is 4.98 Å². The number of benzene rings is 2. The Morgan fingerprint density at radius 1 is 0.923 bits per heavy atom. The van der Waals surface area contributed by atoms with Crippen molar-refractivity contribution >= 4 is 11.0 Å². The third-order valence-corrected chi connectivity index (χ3v) is 5.26. The molecule has 128 valence electrons. The van der Waals surface area contributed by atoms with Crippen LogP contribution in [-0.4, -0.2) is 4.98 Å². The normalized spacial score (nSPS) is 14.6. The predicted molar refractivity (Wildman–Crippen MR) is 103 cm³/mol. The van der Waals surface area contributed by atoms with Gasteiger partial charge < -0.3 is 9.15 Å². The van der Waals surface area contributed by atoms with Gasteiger partial charge in [-0.25, -0.2) is 0 Å². The largest absolute Gasteiger partial charge is 0.425 e. The van der Waals surface area contributed by atoms with E-state index in [1.165, 1.54) is 5.56 Å². The van der Waals surface area contributed by atoms with Crippen molar-refractivity contribution in [3.05, 3.63) is 77.5 Å². The fraction of sp³-hybridized carbons (Fsp3) is 0.174. The zero-order valence-electron chi connectivity index (χ0n) is 15.0. The van der Waals surface area contributed by atoms with Gasteiger partial charge in [0.1, 0.15) is 11.3 Å². The molecule has 0 spiro atoms. The number of para-hydroxylation sites is 1. The quantitative estimate of drug-likeness (QED) is 0.411. The maximum atomic E-state index is 6.12. The van der Waals surface area contributed by atoms with E-state index in [1.54, 1.807) is 0 Å². The number of aryl methyl sites for hydroxylation is 1. The molecule has 1 aliphatic rings. The number of furan rings is 1. The number of rotatable bonds is 1. The first-order valence-corrected chi connectivity index (χ1v) is 8.82. The van der Waals surface area contributed by atoms with Gasteiger partial charge >= 0.3 is 0 Å². The smallest absolute Gasteiger partial charge is 0.295 e. The first-order valence-electron chi connectivity index (χ1n) is 8.82. The highest BCUT2D eigenvalue weighted by molar-refractivity contribution is 5.98. The minimum Gasteiger partial charge on any atom is -0.425 e. The van der Waals surface area contributed by atoms with Gasteiger partial charge in [-0.15, -0.1) is 0 Å². The molecule has 2 aromatic carbocycles. The lowest BCUT2D eigenvalue weighted by molar-refractivity contribution is 0.325. The summed E-state index contributed by atoms with van der Waals surface area (Å²) < 4.78 is 12.2. The third-order valence-electron chi connectivity index (χ3n) is 5.26. The Balaban J connectivity index is 1.83. The maximum Gasteiger partial charge on any atom is 0.295 e. The van der Waals surface area contributed by atoms with Gasteiger partial charge in [-0.05, 0) is 30.7 Å². The second-order valence-corrected chi connectivity index (χ2v) is 7.39. The van der Waals surface area contributed by atoms with Crippen molar-refractivity contribution < 1.29 is 9.15 Å². The zero-order valence-corrected chi connectivity index (χ0v) is 15.0. The monoisotopic (exact) mass is 341 g/mol. The summed E-state index contributed by atoms with van der Waals surface area (Å²) in [5, 5.41) is 1.08. The lowest BCUT2D eigenvalue weighted by Crippen LogP contribution is -2.23. The molecule has 0 amide bonds. The van der Waals surface area contributed by atoms with Crippen molar-refractivity contribution in [2.45, 2.75) is 26.2 Å². The molecule has 0 bridgehead atoms. The molecule has 2 aromatic heterocycles. The number of nitrogens with zero attached hydrogens (tertiary/aromatic N) is 1. The van der Waals surface area contributed by atoms with Crippen molar-refractivity contribution in [2.24, 2.45) is 0 Å². The number of fused-ring (bicyclic) bond motifs is 4. The summed E-state index contributed by atoms with van der Waals surface area (Å²) >= 11 is 0. The number of hydrogen-bond donors (Lipinski definition) is 0. The molecule has 0 unspecified atom stereocenters. The van der Waals surface area contributed by atoms with Gasteiger partial charge in [0.15, 0.2) is 0 Å². The van der Waals surface area contributed by atoms with Gasteiger partial charge in [0, 0.05) is 28.1 Å². The summed E-state index contributed by atoms with van der Waals surface area (Å²) in [4.78, 5) is 4.64. The number of ether oxygens (including phenoxy) is 1. The second kappa shape index (κ2) is 5.21. The van der Waals surface area contributed by atoms with Crippen molar-refractivity contribution in [1.29, 1.82) is 0 Å². The van der Waals surface area contributed by atoms with E-state index in [1.807, 2.05) is 37.4 Å². The van der Waals surface area contributed by atoms with Crippen LogP contribution >= 0.6 is 0 Å². The topological polar surface area (TPSA) is 35.3 Å². The van der Waals surface area contributed by atoms with Gasteiger partial charge in [0.05, 0.1) is 11.3 Å². The minimum atomic E-state index is -0.226. The van der Waals surface area contributed by atoms with Crippen LogP contribution in [-0.2, 0) is 5.41 Å². The lowest BCUT2D eigenvalue weighted by Gasteiger charge is -2.31. The fourth-order valence-electron chi connectivity index (χ4n) is 3.91. The highest BCUT2D eigenvalue weighted by atomic mass is 16.6. The van der Waals surface area contributed by atoms with Crippen molar-refractivity contribution in [3.8, 4) is 23.0 Å². The number of hydrogen-bond acceptors (Lipinski definition) is 3. The fourth-order valence-corrected chi connectivity index (χ4v) is 3.91. The van der Waals surface area contributed by atoms with Crippen LogP contribution < -0.4 is 4.74 Å². The zero-order chi connectivity index (χ0) is 17.9. The van der Waals surface area contributed by atoms with Crippen LogP contribution in [0.2, 0.25) is 0 Å². The first-order chi connectivity index (χ1) is 12.6. The predicted octanol–water partition coefficient (Wildman–Crippen LogP) is 6.23. The summed E-state index contributed by atoms with van der Waals surface area (Å²) in [5.41, 5.74) is 6.02. The minimum absolute atomic E-state index is 0.226. The van der Waals surface area contributed by atoms with Crippen LogP contribution in [0.1, 0.15) is 30.5 Å². The van der Waals surface area contributed by atoms with Gasteiger partial charge in [-0.3, -0.25) is 4.98 Å². The lowest BCUT2D eigenvalue weighted by atomic mass is 9.75. The first kappa shape index (κ1) is 15.2. The van der Waals surface area contributed by atoms with E-state index >= 15 is 0 Å². The number of pyridine rings is 1. The van der Waals surface area contributed by atoms with E-state index in [0.717, 1.165) is 39.1 Å². The van der Waals surface area contributed by atoms with E-state index in [-0.39, 0.29) is 5.41 Å². The molecule has 3 nitrogen and oxygen atoms in total. The average molecular weight is 341 g/mol. The Morgan fingerprint density at radius 3 is 2.58 bits per heavy atom. The van der Waals surface area contributed by atoms with E-state index < -0.39 is 0 Å². The molecule has 26 heavy (non-hydrogen) atoms. The molecule has 4 aromatic rings. The molecule has 3 heteroatoms. The molecular formula is C23H19NO2. The molecule has 0 saturated carbocycles. The Kier molecular flexibility index (Phi) is 3.05. The average Bonchev–Trinajstić information content (AvgIpc) is 3.02. The molecule has 0 saturated heterocycles. The summed E-state index contributed by atoms with van der Waals surface area (Å²) in [6.07, 6.45) is 1.90. The molecule has 3 heterocycles. The standard InChI is InChI=1S/C23H19NO2/c1-14-11-12-17(24-13-14)15-7-6-10-19-20(15)21-22(26-19)25-18-9-5-4-8-16(18)23(21,2)3/h4-13H,1-3H3. The molecule has 0 aliphatic carbocycles. The van der Waals surface area contributed by atoms with Gasteiger partial charge in [-0.2, -0.15) is 0 Å². The third kappa shape index (κ3) is 2.03. The van der Waals surface area contributed by atoms with Crippen LogP contribution in [0.3, 0.4) is 0 Å². The van der Waals surface area contributed by atoms with Crippen LogP contribution in [0.4, 0.5) is 0 Å². The Labute approximate surface area is 152 Å². The highest BCUT2D eigenvalue weighted by Crippen LogP contribution is 2.53. The van der Waals surface area contributed by atoms with Gasteiger partial charge in [0.2, 0.25) is 0 Å². The van der Waals surface area contributed by atoms with Crippen LogP contribution in [0, 0.1) is 6.92 Å². The molecule has 1 aliphatic heterocycles. The van der Waals surface area contributed by atoms with Crippen molar-refractivity contribution in [3.63, 3.8) is 0 Å². The van der Waals surface area contributed by atoms with Crippen molar-refractivity contribution in [2.75, 3.05) is 0 Å². The summed E-state index contributed by atoms with van der Waals surface area (Å²) in [6.45, 7) is 6.49. The van der Waals surface area contributed by atoms with Crippen LogP contribution in [0.25, 0.3) is 22.2 Å². The Bertz CT molecular complexity index is 1140. The molecule has 0 atom stereocenters. The summed E-state index contributed by atoms with van der Waals surface area (Å²) in [7, 11) is 0. The number of aromatic nitrogens is 1. The van der Waals surface area contributed by atoms with E-state index in [0.29, 0.717) is 5.95 Å². The molecule has 0 radical (unpaired) electrons. The maximum absolute atomic E-state index is 6.12. The summed E-state index contributed by atoms with van der Waals surface area (Å²) in [6, 6.07) is 18.4. The van der Waals surface area contributed by atoms with E-state index in [4.69, 9.17) is 9.15 Å². The van der Waals surface area contributed by atoms with Gasteiger partial charge in [0.25, 0.3) is 5.95 Å². The van der Waals surface area contributed by atoms with E-state index in [2.05, 4.69) is 49.2 Å². The SMILES string of the molecule is Cc1ccc(-c2cccc3oc4c(c23)C(C)(C)c2ccccc2O4)nc1. The molecule has 0 N–H and O–H groups in total. The summed E-state index contributed by atoms with van der Waals surface area (Å²) in [5.74, 6) is 1.45. The Morgan fingerprint density at radius 2 is 1.77 bits per heavy atom.